The number of aromatic nitrogens is 2. The van der Waals surface area contributed by atoms with E-state index in [2.05, 4.69) is 21.4 Å². The van der Waals surface area contributed by atoms with Crippen LogP contribution in [0.3, 0.4) is 0 Å². The van der Waals surface area contributed by atoms with Crippen LogP contribution in [0.25, 0.3) is 10.9 Å². The lowest BCUT2D eigenvalue weighted by Crippen LogP contribution is -2.07. The molecule has 0 spiro atoms. The Kier molecular flexibility index (Phi) is 5.42. The average Bonchev–Trinajstić information content (AvgIpc) is 2.75. The number of anilines is 2. The number of nitrogens with two attached hydrogens (primary N) is 1. The molecule has 29 heavy (non-hydrogen) atoms. The second-order valence-corrected chi connectivity index (χ2v) is 6.60. The van der Waals surface area contributed by atoms with Crippen LogP contribution in [0.1, 0.15) is 5.56 Å². The summed E-state index contributed by atoms with van der Waals surface area (Å²) in [6, 6.07) is 21.2. The Labute approximate surface area is 169 Å². The maximum atomic E-state index is 5.94. The van der Waals surface area contributed by atoms with Gasteiger partial charge in [-0.1, -0.05) is 12.1 Å². The molecule has 0 aliphatic rings. The van der Waals surface area contributed by atoms with Crippen molar-refractivity contribution in [3.05, 3.63) is 78.6 Å². The van der Waals surface area contributed by atoms with Gasteiger partial charge < -0.3 is 20.5 Å². The smallest absolute Gasteiger partial charge is 0.137 e. The molecule has 4 aromatic rings. The first-order valence-electron chi connectivity index (χ1n) is 9.36. The van der Waals surface area contributed by atoms with E-state index in [1.807, 2.05) is 60.7 Å². The van der Waals surface area contributed by atoms with Gasteiger partial charge in [-0.15, -0.1) is 0 Å². The van der Waals surface area contributed by atoms with E-state index in [-0.39, 0.29) is 0 Å². The van der Waals surface area contributed by atoms with Crippen LogP contribution in [0, 0.1) is 0 Å². The van der Waals surface area contributed by atoms with E-state index in [0.717, 1.165) is 46.9 Å². The zero-order valence-corrected chi connectivity index (χ0v) is 16.1. The summed E-state index contributed by atoms with van der Waals surface area (Å²) >= 11 is 0. The Morgan fingerprint density at radius 1 is 0.897 bits per heavy atom. The van der Waals surface area contributed by atoms with Crippen molar-refractivity contribution in [3.63, 3.8) is 0 Å². The standard InChI is InChI=1S/C23H22N4O2/c1-28-18-6-8-19(9-7-18)29-20-4-2-3-16(13-20)11-12-25-23-21-14-17(24)5-10-22(21)26-15-27-23/h2-10,13-15H,11-12,24H2,1H3,(H,25,26,27). The van der Waals surface area contributed by atoms with Crippen molar-refractivity contribution in [3.8, 4) is 17.2 Å². The SMILES string of the molecule is COc1ccc(Oc2cccc(CCNc3ncnc4ccc(N)cc34)c2)cc1. The molecule has 0 aliphatic heterocycles. The molecule has 1 aromatic heterocycles. The number of hydrogen-bond acceptors (Lipinski definition) is 6. The van der Waals surface area contributed by atoms with Gasteiger partial charge in [0, 0.05) is 17.6 Å². The third-order valence-corrected chi connectivity index (χ3v) is 4.56. The Bertz CT molecular complexity index is 1110. The number of nitrogen functional groups attached to an aromatic ring is 1. The lowest BCUT2D eigenvalue weighted by atomic mass is 10.1. The van der Waals surface area contributed by atoms with Gasteiger partial charge in [0.1, 0.15) is 29.4 Å². The molecule has 0 saturated carbocycles. The summed E-state index contributed by atoms with van der Waals surface area (Å²) < 4.78 is 11.1. The molecule has 3 aromatic carbocycles. The van der Waals surface area contributed by atoms with Gasteiger partial charge in [-0.25, -0.2) is 9.97 Å². The Hall–Kier alpha value is -3.80. The molecule has 146 valence electrons. The predicted octanol–water partition coefficient (Wildman–Crippen LogP) is 4.67. The summed E-state index contributed by atoms with van der Waals surface area (Å²) in [4.78, 5) is 8.63. The van der Waals surface area contributed by atoms with Crippen molar-refractivity contribution < 1.29 is 9.47 Å². The summed E-state index contributed by atoms with van der Waals surface area (Å²) in [5.74, 6) is 3.16. The quantitative estimate of drug-likeness (QED) is 0.449. The van der Waals surface area contributed by atoms with E-state index in [1.165, 1.54) is 5.56 Å². The lowest BCUT2D eigenvalue weighted by Gasteiger charge is -2.10. The van der Waals surface area contributed by atoms with Crippen LogP contribution >= 0.6 is 0 Å². The van der Waals surface area contributed by atoms with Gasteiger partial charge in [0.2, 0.25) is 0 Å². The number of nitrogens with one attached hydrogen (secondary N) is 1. The van der Waals surface area contributed by atoms with Crippen LogP contribution < -0.4 is 20.5 Å². The van der Waals surface area contributed by atoms with E-state index < -0.39 is 0 Å². The molecule has 6 heteroatoms. The topological polar surface area (TPSA) is 82.3 Å². The van der Waals surface area contributed by atoms with E-state index in [0.29, 0.717) is 5.69 Å². The summed E-state index contributed by atoms with van der Waals surface area (Å²) in [5.41, 5.74) is 8.63. The van der Waals surface area contributed by atoms with E-state index in [1.54, 1.807) is 13.4 Å². The van der Waals surface area contributed by atoms with Gasteiger partial charge in [-0.3, -0.25) is 0 Å². The molecule has 4 rings (SSSR count). The minimum Gasteiger partial charge on any atom is -0.497 e. The maximum Gasteiger partial charge on any atom is 0.137 e. The van der Waals surface area contributed by atoms with Crippen molar-refractivity contribution in [2.75, 3.05) is 24.7 Å². The van der Waals surface area contributed by atoms with Crippen LogP contribution in [0.15, 0.2) is 73.1 Å². The highest BCUT2D eigenvalue weighted by Crippen LogP contribution is 2.25. The molecular formula is C23H22N4O2. The van der Waals surface area contributed by atoms with Gasteiger partial charge in [0.05, 0.1) is 12.6 Å². The number of ether oxygens (including phenoxy) is 2. The van der Waals surface area contributed by atoms with Crippen LogP contribution in [-0.4, -0.2) is 23.6 Å². The average molecular weight is 386 g/mol. The monoisotopic (exact) mass is 386 g/mol. The number of methoxy groups -OCH3 is 1. The molecule has 0 fully saturated rings. The third kappa shape index (κ3) is 4.55. The Morgan fingerprint density at radius 3 is 2.55 bits per heavy atom. The summed E-state index contributed by atoms with van der Waals surface area (Å²) in [7, 11) is 1.65. The molecule has 3 N–H and O–H groups in total. The normalized spacial score (nSPS) is 10.7. The minimum atomic E-state index is 0.693. The number of nitrogens with zero attached hydrogens (tertiary/aromatic N) is 2. The molecule has 6 nitrogen and oxygen atoms in total. The molecule has 0 unspecified atom stereocenters. The van der Waals surface area contributed by atoms with Crippen molar-refractivity contribution in [1.82, 2.24) is 9.97 Å². The molecule has 1 heterocycles. The first-order chi connectivity index (χ1) is 14.2. The van der Waals surface area contributed by atoms with Crippen LogP contribution in [0.5, 0.6) is 17.2 Å². The number of rotatable bonds is 7. The summed E-state index contributed by atoms with van der Waals surface area (Å²) in [6.07, 6.45) is 2.39. The van der Waals surface area contributed by atoms with E-state index in [9.17, 15) is 0 Å². The Balaban J connectivity index is 1.40. The fourth-order valence-electron chi connectivity index (χ4n) is 3.08. The molecule has 0 amide bonds. The van der Waals surface area contributed by atoms with E-state index in [4.69, 9.17) is 15.2 Å². The number of benzene rings is 3. The summed E-state index contributed by atoms with van der Waals surface area (Å²) in [6.45, 7) is 0.729. The highest BCUT2D eigenvalue weighted by Gasteiger charge is 2.05. The molecule has 0 radical (unpaired) electrons. The molecule has 0 aliphatic carbocycles. The maximum absolute atomic E-state index is 5.94. The van der Waals surface area contributed by atoms with Crippen LogP contribution in [0.4, 0.5) is 11.5 Å². The third-order valence-electron chi connectivity index (χ3n) is 4.56. The summed E-state index contributed by atoms with van der Waals surface area (Å²) in [5, 5.41) is 4.30. The number of fused-ring (bicyclic) bond motifs is 1. The second kappa shape index (κ2) is 8.48. The lowest BCUT2D eigenvalue weighted by molar-refractivity contribution is 0.413. The highest BCUT2D eigenvalue weighted by atomic mass is 16.5. The van der Waals surface area contributed by atoms with Gasteiger partial charge in [0.15, 0.2) is 0 Å². The van der Waals surface area contributed by atoms with Crippen molar-refractivity contribution in [2.24, 2.45) is 0 Å². The predicted molar refractivity (Wildman–Crippen MR) is 116 cm³/mol. The van der Waals surface area contributed by atoms with Gasteiger partial charge in [0.25, 0.3) is 0 Å². The van der Waals surface area contributed by atoms with E-state index >= 15 is 0 Å². The minimum absolute atomic E-state index is 0.693. The first-order valence-corrected chi connectivity index (χ1v) is 9.36. The van der Waals surface area contributed by atoms with Crippen molar-refractivity contribution >= 4 is 22.4 Å². The second-order valence-electron chi connectivity index (χ2n) is 6.60. The Morgan fingerprint density at radius 2 is 1.72 bits per heavy atom. The zero-order valence-electron chi connectivity index (χ0n) is 16.1. The fourth-order valence-corrected chi connectivity index (χ4v) is 3.08. The first kappa shape index (κ1) is 18.6. The molecule has 0 bridgehead atoms. The van der Waals surface area contributed by atoms with Crippen LogP contribution in [-0.2, 0) is 6.42 Å². The molecule has 0 saturated heterocycles. The van der Waals surface area contributed by atoms with Gasteiger partial charge in [-0.05, 0) is 66.6 Å². The van der Waals surface area contributed by atoms with Crippen molar-refractivity contribution in [1.29, 1.82) is 0 Å². The van der Waals surface area contributed by atoms with Gasteiger partial charge >= 0.3 is 0 Å². The molecular weight excluding hydrogens is 364 g/mol. The molecule has 0 atom stereocenters. The highest BCUT2D eigenvalue weighted by molar-refractivity contribution is 5.91. The fraction of sp³-hybridized carbons (Fsp3) is 0.130. The van der Waals surface area contributed by atoms with Crippen molar-refractivity contribution in [2.45, 2.75) is 6.42 Å². The number of hydrogen-bond donors (Lipinski definition) is 2. The van der Waals surface area contributed by atoms with Gasteiger partial charge in [-0.2, -0.15) is 0 Å². The largest absolute Gasteiger partial charge is 0.497 e. The zero-order chi connectivity index (χ0) is 20.1. The van der Waals surface area contributed by atoms with Crippen LogP contribution in [0.2, 0.25) is 0 Å².